The fourth-order valence-corrected chi connectivity index (χ4v) is 3.06. The van der Waals surface area contributed by atoms with Crippen molar-refractivity contribution in [2.45, 2.75) is 25.7 Å². The van der Waals surface area contributed by atoms with E-state index in [1.54, 1.807) is 0 Å². The Hall–Kier alpha value is -3.15. The minimum Gasteiger partial charge on any atom is -0.355 e. The second kappa shape index (κ2) is 8.98. The van der Waals surface area contributed by atoms with Crippen molar-refractivity contribution in [2.75, 3.05) is 13.1 Å². The van der Waals surface area contributed by atoms with Gasteiger partial charge in [0, 0.05) is 30.8 Å². The predicted octanol–water partition coefficient (Wildman–Crippen LogP) is 2.99. The van der Waals surface area contributed by atoms with Crippen LogP contribution in [0.15, 0.2) is 54.6 Å². The van der Waals surface area contributed by atoms with Crippen molar-refractivity contribution in [1.82, 2.24) is 20.8 Å². The standard InChI is InChI=1S/C21H24N4O2/c1-2-15(16-8-4-3-5-9-16)14-23-19(26)12-13-22-21(27)20-17-10-6-7-11-18(17)24-25-20/h3-11,15H,2,12-14H2,1H3,(H,22,27)(H,23,26)(H,24,25). The first-order valence-electron chi connectivity index (χ1n) is 9.22. The van der Waals surface area contributed by atoms with Crippen LogP contribution >= 0.6 is 0 Å². The third-order valence-electron chi connectivity index (χ3n) is 4.63. The maximum absolute atomic E-state index is 12.3. The van der Waals surface area contributed by atoms with Gasteiger partial charge < -0.3 is 10.6 Å². The van der Waals surface area contributed by atoms with Crippen molar-refractivity contribution in [3.05, 3.63) is 65.9 Å². The predicted molar refractivity (Wildman–Crippen MR) is 106 cm³/mol. The van der Waals surface area contributed by atoms with Gasteiger partial charge in [0.05, 0.1) is 5.52 Å². The van der Waals surface area contributed by atoms with Crippen molar-refractivity contribution >= 4 is 22.7 Å². The minimum absolute atomic E-state index is 0.0726. The monoisotopic (exact) mass is 364 g/mol. The Labute approximate surface area is 158 Å². The first-order valence-corrected chi connectivity index (χ1v) is 9.22. The average molecular weight is 364 g/mol. The molecule has 6 heteroatoms. The SMILES string of the molecule is CCC(CNC(=O)CCNC(=O)c1n[nH]c2ccccc12)c1ccccc1. The van der Waals surface area contributed by atoms with E-state index >= 15 is 0 Å². The van der Waals surface area contributed by atoms with Gasteiger partial charge in [-0.15, -0.1) is 0 Å². The first-order chi connectivity index (χ1) is 13.2. The zero-order chi connectivity index (χ0) is 19.1. The lowest BCUT2D eigenvalue weighted by atomic mass is 9.96. The number of carbonyl (C=O) groups is 2. The molecule has 1 heterocycles. The van der Waals surface area contributed by atoms with Gasteiger partial charge in [-0.25, -0.2) is 0 Å². The number of aromatic amines is 1. The number of benzene rings is 2. The molecule has 27 heavy (non-hydrogen) atoms. The number of nitrogens with zero attached hydrogens (tertiary/aromatic N) is 1. The summed E-state index contributed by atoms with van der Waals surface area (Å²) in [5, 5.41) is 13.4. The van der Waals surface area contributed by atoms with Crippen LogP contribution in [0.5, 0.6) is 0 Å². The number of carbonyl (C=O) groups excluding carboxylic acids is 2. The average Bonchev–Trinajstić information content (AvgIpc) is 3.13. The van der Waals surface area contributed by atoms with E-state index in [1.807, 2.05) is 42.5 Å². The normalized spacial score (nSPS) is 11.9. The summed E-state index contributed by atoms with van der Waals surface area (Å²) < 4.78 is 0. The molecule has 140 valence electrons. The molecule has 1 unspecified atom stereocenters. The number of nitrogens with one attached hydrogen (secondary N) is 3. The van der Waals surface area contributed by atoms with E-state index in [0.717, 1.165) is 17.3 Å². The molecule has 0 aliphatic carbocycles. The van der Waals surface area contributed by atoms with Gasteiger partial charge in [0.2, 0.25) is 5.91 Å². The summed E-state index contributed by atoms with van der Waals surface area (Å²) in [6.07, 6.45) is 1.19. The molecule has 3 aromatic rings. The quantitative estimate of drug-likeness (QED) is 0.574. The van der Waals surface area contributed by atoms with Crippen LogP contribution in [0.1, 0.15) is 41.7 Å². The van der Waals surface area contributed by atoms with Crippen molar-refractivity contribution in [3.63, 3.8) is 0 Å². The zero-order valence-electron chi connectivity index (χ0n) is 15.4. The largest absolute Gasteiger partial charge is 0.355 e. The highest BCUT2D eigenvalue weighted by Crippen LogP contribution is 2.18. The Morgan fingerprint density at radius 3 is 2.56 bits per heavy atom. The third kappa shape index (κ3) is 4.73. The molecule has 0 aliphatic rings. The number of para-hydroxylation sites is 1. The number of aromatic nitrogens is 2. The van der Waals surface area contributed by atoms with Gasteiger partial charge in [0.25, 0.3) is 5.91 Å². The third-order valence-corrected chi connectivity index (χ3v) is 4.63. The van der Waals surface area contributed by atoms with Gasteiger partial charge in [-0.05, 0) is 18.1 Å². The highest BCUT2D eigenvalue weighted by atomic mass is 16.2. The van der Waals surface area contributed by atoms with Gasteiger partial charge in [-0.3, -0.25) is 14.7 Å². The van der Waals surface area contributed by atoms with Gasteiger partial charge >= 0.3 is 0 Å². The maximum atomic E-state index is 12.3. The lowest BCUT2D eigenvalue weighted by Crippen LogP contribution is -2.33. The summed E-state index contributed by atoms with van der Waals surface area (Å²) in [6, 6.07) is 17.6. The van der Waals surface area contributed by atoms with Crippen molar-refractivity contribution in [1.29, 1.82) is 0 Å². The zero-order valence-corrected chi connectivity index (χ0v) is 15.4. The molecule has 2 amide bonds. The van der Waals surface area contributed by atoms with E-state index in [2.05, 4.69) is 39.9 Å². The Kier molecular flexibility index (Phi) is 6.20. The lowest BCUT2D eigenvalue weighted by Gasteiger charge is -2.16. The minimum atomic E-state index is -0.282. The highest BCUT2D eigenvalue weighted by molar-refractivity contribution is 6.04. The fraction of sp³-hybridized carbons (Fsp3) is 0.286. The van der Waals surface area contributed by atoms with Gasteiger partial charge in [0.15, 0.2) is 5.69 Å². The Morgan fingerprint density at radius 1 is 1.04 bits per heavy atom. The molecule has 3 rings (SSSR count). The summed E-state index contributed by atoms with van der Waals surface area (Å²) in [6.45, 7) is 2.98. The Morgan fingerprint density at radius 2 is 1.78 bits per heavy atom. The maximum Gasteiger partial charge on any atom is 0.272 e. The van der Waals surface area contributed by atoms with Crippen LogP contribution in [0.2, 0.25) is 0 Å². The van der Waals surface area contributed by atoms with E-state index < -0.39 is 0 Å². The summed E-state index contributed by atoms with van der Waals surface area (Å²) in [4.78, 5) is 24.4. The van der Waals surface area contributed by atoms with E-state index in [9.17, 15) is 9.59 Å². The van der Waals surface area contributed by atoms with Crippen LogP contribution in [-0.4, -0.2) is 35.1 Å². The second-order valence-electron chi connectivity index (χ2n) is 6.44. The molecular weight excluding hydrogens is 340 g/mol. The number of amides is 2. The molecule has 0 fully saturated rings. The van der Waals surface area contributed by atoms with Crippen LogP contribution in [0.25, 0.3) is 10.9 Å². The van der Waals surface area contributed by atoms with Gasteiger partial charge in [-0.1, -0.05) is 55.5 Å². The van der Waals surface area contributed by atoms with Crippen LogP contribution in [0.3, 0.4) is 0 Å². The molecule has 0 radical (unpaired) electrons. The number of H-pyrrole nitrogens is 1. The van der Waals surface area contributed by atoms with Gasteiger partial charge in [0.1, 0.15) is 0 Å². The van der Waals surface area contributed by atoms with Crippen LogP contribution in [-0.2, 0) is 4.79 Å². The molecule has 0 spiro atoms. The van der Waals surface area contributed by atoms with Crippen molar-refractivity contribution < 1.29 is 9.59 Å². The smallest absolute Gasteiger partial charge is 0.272 e. The molecule has 0 bridgehead atoms. The summed E-state index contributed by atoms with van der Waals surface area (Å²) in [7, 11) is 0. The molecule has 6 nitrogen and oxygen atoms in total. The number of rotatable bonds is 8. The van der Waals surface area contributed by atoms with Crippen LogP contribution < -0.4 is 10.6 Å². The highest BCUT2D eigenvalue weighted by Gasteiger charge is 2.14. The summed E-state index contributed by atoms with van der Waals surface area (Å²) >= 11 is 0. The van der Waals surface area contributed by atoms with E-state index in [4.69, 9.17) is 0 Å². The molecule has 3 N–H and O–H groups in total. The van der Waals surface area contributed by atoms with E-state index in [1.165, 1.54) is 5.56 Å². The molecule has 1 atom stereocenters. The van der Waals surface area contributed by atoms with Crippen LogP contribution in [0.4, 0.5) is 0 Å². The van der Waals surface area contributed by atoms with Crippen LogP contribution in [0, 0.1) is 0 Å². The molecule has 2 aromatic carbocycles. The molecular formula is C21H24N4O2. The molecule has 0 aliphatic heterocycles. The number of hydrogen-bond acceptors (Lipinski definition) is 3. The Bertz CT molecular complexity index is 905. The molecule has 0 saturated carbocycles. The van der Waals surface area contributed by atoms with E-state index in [-0.39, 0.29) is 24.8 Å². The first kappa shape index (κ1) is 18.6. The van der Waals surface area contributed by atoms with Gasteiger partial charge in [-0.2, -0.15) is 5.10 Å². The lowest BCUT2D eigenvalue weighted by molar-refractivity contribution is -0.121. The summed E-state index contributed by atoms with van der Waals surface area (Å²) in [5.74, 6) is -0.0623. The van der Waals surface area contributed by atoms with Crippen molar-refractivity contribution in [3.8, 4) is 0 Å². The number of fused-ring (bicyclic) bond motifs is 1. The molecule has 1 aromatic heterocycles. The summed E-state index contributed by atoms with van der Waals surface area (Å²) in [5.41, 5.74) is 2.38. The topological polar surface area (TPSA) is 86.9 Å². The molecule has 0 saturated heterocycles. The van der Waals surface area contributed by atoms with Crippen molar-refractivity contribution in [2.24, 2.45) is 0 Å². The van der Waals surface area contributed by atoms with E-state index in [0.29, 0.717) is 18.2 Å². The fourth-order valence-electron chi connectivity index (χ4n) is 3.06. The second-order valence-corrected chi connectivity index (χ2v) is 6.44. The number of hydrogen-bond donors (Lipinski definition) is 3. The Balaban J connectivity index is 1.45.